The Labute approximate surface area is 316 Å². The Morgan fingerprint density at radius 2 is 1.25 bits per heavy atom. The van der Waals surface area contributed by atoms with Gasteiger partial charge < -0.3 is 34.1 Å². The van der Waals surface area contributed by atoms with Gasteiger partial charge >= 0.3 is 23.9 Å². The molecule has 14 nitrogen and oxygen atoms in total. The number of ether oxygens (including phenoxy) is 4. The van der Waals surface area contributed by atoms with Crippen molar-refractivity contribution >= 4 is 29.8 Å². The van der Waals surface area contributed by atoms with Gasteiger partial charge in [0.2, 0.25) is 0 Å². The topological polar surface area (TPSA) is 153 Å². The van der Waals surface area contributed by atoms with Crippen LogP contribution in [0.3, 0.4) is 0 Å². The summed E-state index contributed by atoms with van der Waals surface area (Å²) in [4.78, 5) is 69.6. The number of hydrogen-bond acceptors (Lipinski definition) is 12. The van der Waals surface area contributed by atoms with E-state index in [1.807, 2.05) is 81.7 Å². The second-order valence-corrected chi connectivity index (χ2v) is 16.7. The van der Waals surface area contributed by atoms with Gasteiger partial charge in [-0.3, -0.25) is 29.0 Å². The fraction of sp³-hybridized carbons (Fsp3) is 0.718. The fourth-order valence-electron chi connectivity index (χ4n) is 5.86. The van der Waals surface area contributed by atoms with E-state index in [1.165, 1.54) is 0 Å². The maximum atomic E-state index is 13.8. The molecule has 53 heavy (non-hydrogen) atoms. The molecule has 0 aliphatic carbocycles. The van der Waals surface area contributed by atoms with Gasteiger partial charge in [-0.1, -0.05) is 30.3 Å². The lowest BCUT2D eigenvalue weighted by atomic mass is 10.1. The zero-order valence-corrected chi connectivity index (χ0v) is 33.9. The van der Waals surface area contributed by atoms with Gasteiger partial charge in [-0.25, -0.2) is 4.79 Å². The third-order valence-corrected chi connectivity index (χ3v) is 8.41. The van der Waals surface area contributed by atoms with Crippen molar-refractivity contribution in [3.63, 3.8) is 0 Å². The quantitative estimate of drug-likeness (QED) is 0.173. The zero-order chi connectivity index (χ0) is 39.9. The van der Waals surface area contributed by atoms with Crippen molar-refractivity contribution in [1.82, 2.24) is 20.4 Å². The van der Waals surface area contributed by atoms with Crippen LogP contribution in [0.2, 0.25) is 0 Å². The highest BCUT2D eigenvalue weighted by Crippen LogP contribution is 2.19. The smallest absolute Gasteiger partial charge is 0.362 e. The number of nitrogens with zero attached hydrogens (tertiary/aromatic N) is 3. The molecule has 0 aromatic heterocycles. The molecule has 0 spiro atoms. The molecule has 300 valence electrons. The van der Waals surface area contributed by atoms with E-state index in [-0.39, 0.29) is 55.6 Å². The number of nitrogens with one attached hydrogen (secondary N) is 2. The van der Waals surface area contributed by atoms with E-state index >= 15 is 0 Å². The van der Waals surface area contributed by atoms with Crippen LogP contribution in [0.1, 0.15) is 81.2 Å². The lowest BCUT2D eigenvalue weighted by Crippen LogP contribution is -2.66. The standard InChI is InChI=1S/C39H65N5O9/c1-30(36(49)41-17-16-32(45)50-29-31-14-12-11-13-15-31)44(28-35(48)53-39(8,9)10)24-19-40-18-20-42(26-33(46)51-37(2,3)4)21-22-43(23-25-44)27-34(47)52-38(5,6)7/h11-15,30,40H,16-29H2,1-10H3/p+1. The van der Waals surface area contributed by atoms with Crippen LogP contribution in [-0.2, 0) is 49.5 Å². The van der Waals surface area contributed by atoms with Gasteiger partial charge in [0.25, 0.3) is 5.91 Å². The van der Waals surface area contributed by atoms with Crippen LogP contribution in [0.5, 0.6) is 0 Å². The van der Waals surface area contributed by atoms with E-state index in [4.69, 9.17) is 18.9 Å². The molecule has 1 aliphatic heterocycles. The van der Waals surface area contributed by atoms with Gasteiger partial charge in [0.1, 0.15) is 23.4 Å². The Morgan fingerprint density at radius 1 is 0.717 bits per heavy atom. The summed E-state index contributed by atoms with van der Waals surface area (Å²) in [7, 11) is 0. The van der Waals surface area contributed by atoms with E-state index in [9.17, 15) is 24.0 Å². The SMILES string of the molecule is CC(C(=O)NCCC(=O)OCc1ccccc1)[N+]1(CC(=O)OC(C)(C)C)CCNCCN(CC(=O)OC(C)(C)C)CCN(CC(=O)OC(C)(C)C)CC1. The van der Waals surface area contributed by atoms with Crippen LogP contribution in [-0.4, -0.2) is 145 Å². The Hall–Kier alpha value is -3.59. The lowest BCUT2D eigenvalue weighted by molar-refractivity contribution is -0.933. The summed E-state index contributed by atoms with van der Waals surface area (Å²) in [5.41, 5.74) is -1.17. The monoisotopic (exact) mass is 748 g/mol. The number of esters is 4. The van der Waals surface area contributed by atoms with E-state index in [2.05, 4.69) is 10.6 Å². The van der Waals surface area contributed by atoms with E-state index in [0.717, 1.165) is 5.56 Å². The second kappa shape index (κ2) is 20.8. The zero-order valence-electron chi connectivity index (χ0n) is 33.9. The predicted molar refractivity (Wildman–Crippen MR) is 201 cm³/mol. The summed E-state index contributed by atoms with van der Waals surface area (Å²) >= 11 is 0. The van der Waals surface area contributed by atoms with E-state index in [1.54, 1.807) is 27.7 Å². The fourth-order valence-corrected chi connectivity index (χ4v) is 5.86. The average molecular weight is 749 g/mol. The van der Waals surface area contributed by atoms with Crippen molar-refractivity contribution in [1.29, 1.82) is 0 Å². The summed E-state index contributed by atoms with van der Waals surface area (Å²) in [5, 5.41) is 6.32. The van der Waals surface area contributed by atoms with Crippen LogP contribution >= 0.6 is 0 Å². The molecule has 1 fully saturated rings. The number of carbonyl (C=O) groups excluding carboxylic acids is 5. The molecule has 2 atom stereocenters. The predicted octanol–water partition coefficient (Wildman–Crippen LogP) is 2.67. The summed E-state index contributed by atoms with van der Waals surface area (Å²) in [6, 6.07) is 8.63. The van der Waals surface area contributed by atoms with E-state index in [0.29, 0.717) is 52.4 Å². The lowest BCUT2D eigenvalue weighted by Gasteiger charge is -2.44. The molecule has 2 unspecified atom stereocenters. The molecule has 0 saturated carbocycles. The van der Waals surface area contributed by atoms with Gasteiger partial charge in [0.05, 0.1) is 32.6 Å². The first-order chi connectivity index (χ1) is 24.6. The second-order valence-electron chi connectivity index (χ2n) is 16.7. The molecule has 2 N–H and O–H groups in total. The molecular weight excluding hydrogens is 682 g/mol. The molecule has 1 aromatic rings. The van der Waals surface area contributed by atoms with Crippen LogP contribution < -0.4 is 10.6 Å². The maximum absolute atomic E-state index is 13.8. The summed E-state index contributed by atoms with van der Waals surface area (Å²) in [5.74, 6) is -1.94. The van der Waals surface area contributed by atoms with Crippen LogP contribution in [0, 0.1) is 0 Å². The van der Waals surface area contributed by atoms with Gasteiger partial charge in [-0.15, -0.1) is 0 Å². The number of benzene rings is 1. The average Bonchev–Trinajstić information content (AvgIpc) is 3.01. The largest absolute Gasteiger partial charge is 0.461 e. The third kappa shape index (κ3) is 19.3. The summed E-state index contributed by atoms with van der Waals surface area (Å²) in [6.07, 6.45) is -0.0115. The van der Waals surface area contributed by atoms with Crippen LogP contribution in [0.4, 0.5) is 0 Å². The highest BCUT2D eigenvalue weighted by molar-refractivity contribution is 5.81. The summed E-state index contributed by atoms with van der Waals surface area (Å²) < 4.78 is 22.4. The van der Waals surface area contributed by atoms with Gasteiger partial charge in [0.15, 0.2) is 12.6 Å². The Bertz CT molecular complexity index is 1340. The number of amides is 1. The van der Waals surface area contributed by atoms with Crippen molar-refractivity contribution < 1.29 is 47.4 Å². The van der Waals surface area contributed by atoms with Crippen molar-refractivity contribution in [2.45, 2.75) is 105 Å². The minimum Gasteiger partial charge on any atom is -0.461 e. The Kier molecular flexibility index (Phi) is 17.8. The van der Waals surface area contributed by atoms with Gasteiger partial charge in [-0.05, 0) is 74.8 Å². The molecule has 1 heterocycles. The normalized spacial score (nSPS) is 19.1. The number of carbonyl (C=O) groups is 5. The molecule has 0 radical (unpaired) electrons. The number of rotatable bonds is 13. The van der Waals surface area contributed by atoms with Crippen molar-refractivity contribution in [3.05, 3.63) is 35.9 Å². The molecule has 2 rings (SSSR count). The Balaban J connectivity index is 2.31. The van der Waals surface area contributed by atoms with Gasteiger partial charge in [-0.2, -0.15) is 0 Å². The molecule has 0 bridgehead atoms. The van der Waals surface area contributed by atoms with Gasteiger partial charge in [0, 0.05) is 45.8 Å². The van der Waals surface area contributed by atoms with Crippen molar-refractivity contribution in [3.8, 4) is 0 Å². The number of quaternary nitrogens is 1. The highest BCUT2D eigenvalue weighted by Gasteiger charge is 2.42. The Morgan fingerprint density at radius 3 is 1.79 bits per heavy atom. The minimum atomic E-state index is -0.738. The maximum Gasteiger partial charge on any atom is 0.362 e. The molecule has 1 aliphatic rings. The summed E-state index contributed by atoms with van der Waals surface area (Å²) in [6.45, 7) is 21.7. The number of hydrogen-bond donors (Lipinski definition) is 2. The first kappa shape index (κ1) is 45.6. The van der Waals surface area contributed by atoms with Crippen molar-refractivity contribution in [2.24, 2.45) is 0 Å². The minimum absolute atomic E-state index is 0.0115. The molecule has 1 amide bonds. The molecule has 14 heteroatoms. The molecule has 1 saturated heterocycles. The van der Waals surface area contributed by atoms with Crippen molar-refractivity contribution in [2.75, 3.05) is 78.5 Å². The highest BCUT2D eigenvalue weighted by atomic mass is 16.6. The first-order valence-corrected chi connectivity index (χ1v) is 18.7. The molecular formula is C39H66N5O9+. The first-order valence-electron chi connectivity index (χ1n) is 18.7. The van der Waals surface area contributed by atoms with E-state index < -0.39 is 40.8 Å². The van der Waals surface area contributed by atoms with Crippen LogP contribution in [0.15, 0.2) is 30.3 Å². The molecule has 1 aromatic carbocycles. The third-order valence-electron chi connectivity index (χ3n) is 8.41. The van der Waals surface area contributed by atoms with Crippen LogP contribution in [0.25, 0.3) is 0 Å².